The van der Waals surface area contributed by atoms with Gasteiger partial charge < -0.3 is 4.98 Å². The first kappa shape index (κ1) is 19.6. The summed E-state index contributed by atoms with van der Waals surface area (Å²) in [4.78, 5) is 19.9. The molecule has 0 amide bonds. The first-order valence-corrected chi connectivity index (χ1v) is 9.71. The summed E-state index contributed by atoms with van der Waals surface area (Å²) in [6, 6.07) is 15.4. The number of hydrogen-bond donors (Lipinski definition) is 1. The van der Waals surface area contributed by atoms with Crippen molar-refractivity contribution >= 4 is 34.2 Å². The minimum atomic E-state index is -0.286. The molecule has 0 radical (unpaired) electrons. The van der Waals surface area contributed by atoms with E-state index in [2.05, 4.69) is 21.1 Å². The van der Waals surface area contributed by atoms with Crippen molar-refractivity contribution in [2.24, 2.45) is 0 Å². The van der Waals surface area contributed by atoms with Crippen LogP contribution in [0.2, 0.25) is 5.15 Å². The maximum absolute atomic E-state index is 12.6. The zero-order chi connectivity index (χ0) is 21.4. The van der Waals surface area contributed by atoms with Crippen molar-refractivity contribution in [3.8, 4) is 11.8 Å². The number of aromatic nitrogens is 4. The number of fused-ring (bicyclic) bond motifs is 1. The Morgan fingerprint density at radius 3 is 2.63 bits per heavy atom. The van der Waals surface area contributed by atoms with Gasteiger partial charge in [0.25, 0.3) is 5.56 Å². The van der Waals surface area contributed by atoms with Crippen LogP contribution < -0.4 is 5.56 Å². The number of nitriles is 1. The molecule has 1 N–H and O–H groups in total. The van der Waals surface area contributed by atoms with Crippen LogP contribution in [0.15, 0.2) is 47.3 Å². The van der Waals surface area contributed by atoms with Gasteiger partial charge in [-0.25, -0.2) is 9.67 Å². The molecule has 30 heavy (non-hydrogen) atoms. The smallest absolute Gasteiger partial charge is 0.259 e. The number of benzene rings is 2. The van der Waals surface area contributed by atoms with Crippen LogP contribution in [0.4, 0.5) is 0 Å². The van der Waals surface area contributed by atoms with E-state index in [-0.39, 0.29) is 17.0 Å². The van der Waals surface area contributed by atoms with Gasteiger partial charge in [-0.1, -0.05) is 35.9 Å². The van der Waals surface area contributed by atoms with Gasteiger partial charge >= 0.3 is 0 Å². The Kier molecular flexibility index (Phi) is 4.98. The zero-order valence-electron chi connectivity index (χ0n) is 16.7. The molecular weight excluding hydrogens is 398 g/mol. The zero-order valence-corrected chi connectivity index (χ0v) is 17.4. The fraction of sp³-hybridized carbons (Fsp3) is 0.130. The van der Waals surface area contributed by atoms with Crippen molar-refractivity contribution in [1.82, 2.24) is 19.7 Å². The van der Waals surface area contributed by atoms with E-state index in [1.807, 2.05) is 57.2 Å². The van der Waals surface area contributed by atoms with E-state index < -0.39 is 0 Å². The molecular formula is C23H18ClN5O. The van der Waals surface area contributed by atoms with Gasteiger partial charge in [0, 0.05) is 5.56 Å². The van der Waals surface area contributed by atoms with Crippen LogP contribution in [-0.4, -0.2) is 19.7 Å². The van der Waals surface area contributed by atoms with Gasteiger partial charge in [0.1, 0.15) is 11.2 Å². The van der Waals surface area contributed by atoms with Crippen LogP contribution in [0.5, 0.6) is 0 Å². The Balaban J connectivity index is 1.88. The molecule has 0 aliphatic heterocycles. The molecule has 0 saturated heterocycles. The molecule has 2 heterocycles. The molecule has 0 atom stereocenters. The Hall–Kier alpha value is -3.69. The number of aryl methyl sites for hydroxylation is 3. The van der Waals surface area contributed by atoms with Gasteiger partial charge in [-0.05, 0) is 56.2 Å². The molecule has 7 heteroatoms. The summed E-state index contributed by atoms with van der Waals surface area (Å²) in [5.74, 6) is 0.199. The number of nitrogens with zero attached hydrogens (tertiary/aromatic N) is 4. The number of H-pyrrole nitrogens is 1. The fourth-order valence-electron chi connectivity index (χ4n) is 3.44. The molecule has 0 aliphatic carbocycles. The molecule has 0 bridgehead atoms. The SMILES string of the molecule is Cc1cc(C)c2nc(C(C#N)=Cc3c(C)nn(-c4ccccc4)c3Cl)[nH]c(=O)c2c1. The second-order valence-electron chi connectivity index (χ2n) is 7.10. The number of rotatable bonds is 3. The molecule has 0 spiro atoms. The fourth-order valence-corrected chi connectivity index (χ4v) is 3.76. The van der Waals surface area contributed by atoms with Gasteiger partial charge in [0.05, 0.1) is 27.9 Å². The molecule has 0 fully saturated rings. The highest BCUT2D eigenvalue weighted by molar-refractivity contribution is 6.31. The summed E-state index contributed by atoms with van der Waals surface area (Å²) in [5.41, 5.74) is 4.41. The number of hydrogen-bond acceptors (Lipinski definition) is 4. The third-order valence-electron chi connectivity index (χ3n) is 4.86. The highest BCUT2D eigenvalue weighted by Gasteiger charge is 2.16. The van der Waals surface area contributed by atoms with E-state index in [1.54, 1.807) is 16.8 Å². The molecule has 4 rings (SSSR count). The molecule has 0 aliphatic rings. The number of nitrogens with one attached hydrogen (secondary N) is 1. The first-order valence-electron chi connectivity index (χ1n) is 9.33. The van der Waals surface area contributed by atoms with Crippen LogP contribution in [0.25, 0.3) is 28.2 Å². The van der Waals surface area contributed by atoms with Crippen molar-refractivity contribution in [1.29, 1.82) is 5.26 Å². The van der Waals surface area contributed by atoms with Crippen molar-refractivity contribution in [3.63, 3.8) is 0 Å². The molecule has 2 aromatic heterocycles. The summed E-state index contributed by atoms with van der Waals surface area (Å²) in [7, 11) is 0. The first-order chi connectivity index (χ1) is 14.4. The van der Waals surface area contributed by atoms with E-state index >= 15 is 0 Å². The summed E-state index contributed by atoms with van der Waals surface area (Å²) in [5, 5.41) is 15.1. The Labute approximate surface area is 178 Å². The molecule has 4 aromatic rings. The highest BCUT2D eigenvalue weighted by atomic mass is 35.5. The number of halogens is 1. The van der Waals surface area contributed by atoms with Crippen LogP contribution in [-0.2, 0) is 0 Å². The summed E-state index contributed by atoms with van der Waals surface area (Å²) in [6.45, 7) is 5.64. The largest absolute Gasteiger partial charge is 0.305 e. The maximum Gasteiger partial charge on any atom is 0.259 e. The summed E-state index contributed by atoms with van der Waals surface area (Å²) >= 11 is 6.58. The standard InChI is InChI=1S/C23H18ClN5O/c1-13-9-14(2)20-19(10-13)23(30)27-22(26-20)16(12-25)11-18-15(3)28-29(21(18)24)17-7-5-4-6-8-17/h4-11H,1-3H3,(H,26,27,30). The Bertz CT molecular complexity index is 1410. The van der Waals surface area contributed by atoms with E-state index in [0.717, 1.165) is 16.8 Å². The van der Waals surface area contributed by atoms with Crippen molar-refractivity contribution in [2.45, 2.75) is 20.8 Å². The van der Waals surface area contributed by atoms with E-state index in [0.29, 0.717) is 27.3 Å². The second kappa shape index (κ2) is 7.62. The van der Waals surface area contributed by atoms with Gasteiger partial charge in [0.2, 0.25) is 0 Å². The third kappa shape index (κ3) is 3.40. The molecule has 148 valence electrons. The average molecular weight is 416 g/mol. The lowest BCUT2D eigenvalue weighted by atomic mass is 10.1. The highest BCUT2D eigenvalue weighted by Crippen LogP contribution is 2.27. The Morgan fingerprint density at radius 2 is 1.93 bits per heavy atom. The summed E-state index contributed by atoms with van der Waals surface area (Å²) in [6.07, 6.45) is 1.61. The van der Waals surface area contributed by atoms with Crippen molar-refractivity contribution in [3.05, 3.63) is 86.2 Å². The number of allylic oxidation sites excluding steroid dienone is 1. The lowest BCUT2D eigenvalue weighted by Gasteiger charge is -2.06. The molecule has 0 unspecified atom stereocenters. The van der Waals surface area contributed by atoms with E-state index in [1.165, 1.54) is 0 Å². The van der Waals surface area contributed by atoms with Gasteiger partial charge in [0.15, 0.2) is 5.82 Å². The molecule has 6 nitrogen and oxygen atoms in total. The maximum atomic E-state index is 12.6. The van der Waals surface area contributed by atoms with Crippen LogP contribution >= 0.6 is 11.6 Å². The molecule has 0 saturated carbocycles. The van der Waals surface area contributed by atoms with Gasteiger partial charge in [-0.2, -0.15) is 10.4 Å². The summed E-state index contributed by atoms with van der Waals surface area (Å²) < 4.78 is 1.61. The predicted molar refractivity (Wildman–Crippen MR) is 119 cm³/mol. The van der Waals surface area contributed by atoms with E-state index in [9.17, 15) is 10.1 Å². The average Bonchev–Trinajstić information content (AvgIpc) is 3.01. The van der Waals surface area contributed by atoms with E-state index in [4.69, 9.17) is 11.6 Å². The third-order valence-corrected chi connectivity index (χ3v) is 5.22. The van der Waals surface area contributed by atoms with Crippen molar-refractivity contribution in [2.75, 3.05) is 0 Å². The molecule has 2 aromatic carbocycles. The number of para-hydroxylation sites is 1. The lowest BCUT2D eigenvalue weighted by Crippen LogP contribution is -2.12. The lowest BCUT2D eigenvalue weighted by molar-refractivity contribution is 0.863. The van der Waals surface area contributed by atoms with Crippen LogP contribution in [0.1, 0.15) is 28.2 Å². The van der Waals surface area contributed by atoms with Crippen LogP contribution in [0, 0.1) is 32.1 Å². The second-order valence-corrected chi connectivity index (χ2v) is 7.46. The number of aromatic amines is 1. The predicted octanol–water partition coefficient (Wildman–Crippen LogP) is 4.75. The minimum absolute atomic E-state index is 0.199. The van der Waals surface area contributed by atoms with Gasteiger partial charge in [-0.15, -0.1) is 0 Å². The quantitative estimate of drug-likeness (QED) is 0.489. The van der Waals surface area contributed by atoms with Crippen molar-refractivity contribution < 1.29 is 0 Å². The Morgan fingerprint density at radius 1 is 1.20 bits per heavy atom. The minimum Gasteiger partial charge on any atom is -0.305 e. The topological polar surface area (TPSA) is 87.4 Å². The van der Waals surface area contributed by atoms with Gasteiger partial charge in [-0.3, -0.25) is 4.79 Å². The monoisotopic (exact) mass is 415 g/mol. The van der Waals surface area contributed by atoms with Crippen LogP contribution in [0.3, 0.4) is 0 Å². The normalized spacial score (nSPS) is 11.6.